The first-order chi connectivity index (χ1) is 15.2. The Morgan fingerprint density at radius 3 is 2.34 bits per heavy atom. The lowest BCUT2D eigenvalue weighted by atomic mass is 10.2. The number of ether oxygens (including phenoxy) is 3. The molecule has 0 radical (unpaired) electrons. The Balaban J connectivity index is 1.89. The van der Waals surface area contributed by atoms with E-state index in [4.69, 9.17) is 14.2 Å². The molecule has 0 fully saturated rings. The molecule has 9 nitrogen and oxygen atoms in total. The van der Waals surface area contributed by atoms with Crippen LogP contribution in [0.3, 0.4) is 0 Å². The summed E-state index contributed by atoms with van der Waals surface area (Å²) in [6.07, 6.45) is 1.23. The molecule has 0 spiro atoms. The van der Waals surface area contributed by atoms with Gasteiger partial charge in [0.2, 0.25) is 5.13 Å². The summed E-state index contributed by atoms with van der Waals surface area (Å²) < 4.78 is 40.3. The van der Waals surface area contributed by atoms with Gasteiger partial charge in [0.1, 0.15) is 22.3 Å². The second-order valence-corrected chi connectivity index (χ2v) is 10.0. The predicted octanol–water partition coefficient (Wildman–Crippen LogP) is 4.06. The zero-order chi connectivity index (χ0) is 23.3. The van der Waals surface area contributed by atoms with Crippen molar-refractivity contribution in [1.29, 1.82) is 0 Å². The maximum Gasteiger partial charge on any atom is 0.257 e. The van der Waals surface area contributed by atoms with E-state index in [1.54, 1.807) is 25.1 Å². The topological polar surface area (TPSA) is 117 Å². The van der Waals surface area contributed by atoms with Gasteiger partial charge in [-0.3, -0.25) is 10.1 Å². The van der Waals surface area contributed by atoms with Crippen molar-refractivity contribution in [3.63, 3.8) is 0 Å². The van der Waals surface area contributed by atoms with Gasteiger partial charge in [-0.1, -0.05) is 18.3 Å². The molecule has 0 aliphatic rings. The molecule has 170 valence electrons. The summed E-state index contributed by atoms with van der Waals surface area (Å²) in [5.74, 6) is 0.704. The maximum atomic E-state index is 12.8. The van der Waals surface area contributed by atoms with Gasteiger partial charge < -0.3 is 14.2 Å². The van der Waals surface area contributed by atoms with Crippen molar-refractivity contribution in [3.05, 3.63) is 53.0 Å². The van der Waals surface area contributed by atoms with E-state index >= 15 is 0 Å². The molecule has 0 saturated heterocycles. The number of nitrogens with zero attached hydrogens (tertiary/aromatic N) is 2. The fraction of sp³-hybridized carbons (Fsp3) is 0.286. The lowest BCUT2D eigenvalue weighted by Gasteiger charge is -2.17. The number of aryl methyl sites for hydroxylation is 1. The molecule has 0 aliphatic heterocycles. The summed E-state index contributed by atoms with van der Waals surface area (Å²) in [7, 11) is -1.79. The molecule has 1 N–H and O–H groups in total. The van der Waals surface area contributed by atoms with Gasteiger partial charge in [0, 0.05) is 31.4 Å². The van der Waals surface area contributed by atoms with Crippen molar-refractivity contribution in [1.82, 2.24) is 10.2 Å². The summed E-state index contributed by atoms with van der Waals surface area (Å²) in [5.41, 5.74) is 0.282. The van der Waals surface area contributed by atoms with Crippen LogP contribution in [0, 0.1) is 6.92 Å². The Kier molecular flexibility index (Phi) is 7.44. The van der Waals surface area contributed by atoms with Crippen molar-refractivity contribution in [3.8, 4) is 17.2 Å². The summed E-state index contributed by atoms with van der Waals surface area (Å²) >= 11 is 1.26. The number of hydrogen-bond donors (Lipinski definition) is 1. The molecule has 0 bridgehead atoms. The zero-order valence-electron chi connectivity index (χ0n) is 18.0. The molecule has 2 aromatic carbocycles. The number of carbonyl (C=O) groups is 1. The number of amides is 1. The van der Waals surface area contributed by atoms with E-state index in [9.17, 15) is 13.2 Å². The van der Waals surface area contributed by atoms with Crippen LogP contribution in [0.15, 0.2) is 47.4 Å². The van der Waals surface area contributed by atoms with Gasteiger partial charge in [-0.25, -0.2) is 8.42 Å². The summed E-state index contributed by atoms with van der Waals surface area (Å²) in [6, 6.07) is 10.7. The second kappa shape index (κ2) is 10.1. The third-order valence-electron chi connectivity index (χ3n) is 4.24. The van der Waals surface area contributed by atoms with Gasteiger partial charge in [0.15, 0.2) is 16.1 Å². The van der Waals surface area contributed by atoms with E-state index in [1.807, 2.05) is 6.92 Å². The largest absolute Gasteiger partial charge is 0.465 e. The van der Waals surface area contributed by atoms with E-state index in [2.05, 4.69) is 15.5 Å². The third kappa shape index (κ3) is 6.25. The second-order valence-electron chi connectivity index (χ2n) is 6.81. The van der Waals surface area contributed by atoms with Crippen LogP contribution in [-0.2, 0) is 14.6 Å². The van der Waals surface area contributed by atoms with Gasteiger partial charge in [-0.15, -0.1) is 10.2 Å². The van der Waals surface area contributed by atoms with Crippen LogP contribution >= 0.6 is 11.3 Å². The number of anilines is 1. The minimum atomic E-state index is -3.32. The average Bonchev–Trinajstić information content (AvgIpc) is 3.16. The molecule has 1 atom stereocenters. The lowest BCUT2D eigenvalue weighted by molar-refractivity contribution is -0.0549. The zero-order valence-corrected chi connectivity index (χ0v) is 19.6. The van der Waals surface area contributed by atoms with Crippen LogP contribution in [0.25, 0.3) is 0 Å². The van der Waals surface area contributed by atoms with Crippen LogP contribution in [0.2, 0.25) is 0 Å². The Bertz CT molecular complexity index is 1190. The number of rotatable bonds is 9. The van der Waals surface area contributed by atoms with Crippen LogP contribution in [0.1, 0.15) is 28.7 Å². The molecule has 1 amide bonds. The first-order valence-electron chi connectivity index (χ1n) is 9.62. The number of sulfone groups is 1. The van der Waals surface area contributed by atoms with Gasteiger partial charge >= 0.3 is 0 Å². The fourth-order valence-corrected chi connectivity index (χ4v) is 3.90. The van der Waals surface area contributed by atoms with Crippen LogP contribution < -0.4 is 14.8 Å². The number of carbonyl (C=O) groups excluding carboxylic acids is 1. The van der Waals surface area contributed by atoms with Gasteiger partial charge in [0.05, 0.1) is 4.90 Å². The number of aromatic nitrogens is 2. The highest BCUT2D eigenvalue weighted by molar-refractivity contribution is 7.90. The predicted molar refractivity (Wildman–Crippen MR) is 120 cm³/mol. The van der Waals surface area contributed by atoms with E-state index in [0.29, 0.717) is 28.8 Å². The highest BCUT2D eigenvalue weighted by Gasteiger charge is 2.16. The average molecular weight is 478 g/mol. The SMILES string of the molecule is CCC(OC)Oc1cc(Oc2ccc(S(C)(=O)=O)cc2)cc(C(=O)Nc2nnc(C)s2)c1. The van der Waals surface area contributed by atoms with Crippen molar-refractivity contribution in [2.75, 3.05) is 18.7 Å². The van der Waals surface area contributed by atoms with Gasteiger partial charge in [-0.05, 0) is 43.3 Å². The number of methoxy groups -OCH3 is 1. The molecule has 0 saturated carbocycles. The van der Waals surface area contributed by atoms with Crippen LogP contribution in [0.4, 0.5) is 5.13 Å². The Morgan fingerprint density at radius 2 is 1.78 bits per heavy atom. The Labute approximate surface area is 190 Å². The molecule has 11 heteroatoms. The van der Waals surface area contributed by atoms with E-state index in [-0.39, 0.29) is 10.5 Å². The van der Waals surface area contributed by atoms with Crippen molar-refractivity contribution in [2.24, 2.45) is 0 Å². The molecular weight excluding hydrogens is 454 g/mol. The number of hydrogen-bond acceptors (Lipinski definition) is 9. The highest BCUT2D eigenvalue weighted by atomic mass is 32.2. The lowest BCUT2D eigenvalue weighted by Crippen LogP contribution is -2.18. The minimum absolute atomic E-state index is 0.181. The van der Waals surface area contributed by atoms with Crippen molar-refractivity contribution in [2.45, 2.75) is 31.5 Å². The molecule has 3 aromatic rings. The van der Waals surface area contributed by atoms with Crippen LogP contribution in [-0.4, -0.2) is 44.2 Å². The van der Waals surface area contributed by atoms with E-state index in [1.165, 1.54) is 42.7 Å². The van der Waals surface area contributed by atoms with Crippen molar-refractivity contribution < 1.29 is 27.4 Å². The van der Waals surface area contributed by atoms with E-state index < -0.39 is 22.0 Å². The quantitative estimate of drug-likeness (QED) is 0.459. The smallest absolute Gasteiger partial charge is 0.257 e. The highest BCUT2D eigenvalue weighted by Crippen LogP contribution is 2.30. The maximum absolute atomic E-state index is 12.8. The summed E-state index contributed by atoms with van der Waals surface area (Å²) in [4.78, 5) is 13.0. The first-order valence-corrected chi connectivity index (χ1v) is 12.3. The molecule has 3 rings (SSSR count). The normalized spacial score (nSPS) is 12.2. The Hall–Kier alpha value is -3.02. The van der Waals surface area contributed by atoms with Gasteiger partial charge in [-0.2, -0.15) is 0 Å². The molecule has 0 aliphatic carbocycles. The summed E-state index contributed by atoms with van der Waals surface area (Å²) in [5, 5.41) is 11.6. The van der Waals surface area contributed by atoms with E-state index in [0.717, 1.165) is 11.3 Å². The standard InChI is InChI=1S/C21H23N3O6S2/c1-5-19(28-3)30-17-11-14(20(25)22-21-24-23-13(2)31-21)10-16(12-17)29-15-6-8-18(9-7-15)32(4,26)27/h6-12,19H,5H2,1-4H3,(H,22,24,25). The molecule has 1 aromatic heterocycles. The number of nitrogens with one attached hydrogen (secondary N) is 1. The third-order valence-corrected chi connectivity index (χ3v) is 6.12. The monoisotopic (exact) mass is 477 g/mol. The molecule has 1 heterocycles. The minimum Gasteiger partial charge on any atom is -0.465 e. The van der Waals surface area contributed by atoms with Crippen molar-refractivity contribution >= 4 is 32.2 Å². The summed E-state index contributed by atoms with van der Waals surface area (Å²) in [6.45, 7) is 3.70. The number of benzene rings is 2. The molecular formula is C21H23N3O6S2. The molecule has 32 heavy (non-hydrogen) atoms. The fourth-order valence-electron chi connectivity index (χ4n) is 2.69. The van der Waals surface area contributed by atoms with Crippen LogP contribution in [0.5, 0.6) is 17.2 Å². The molecule has 1 unspecified atom stereocenters. The van der Waals surface area contributed by atoms with Gasteiger partial charge in [0.25, 0.3) is 5.91 Å². The Morgan fingerprint density at radius 1 is 1.09 bits per heavy atom. The first kappa shape index (κ1) is 23.6.